The second-order valence-corrected chi connectivity index (χ2v) is 14.0. The number of aromatic nitrogens is 3. The number of amides is 2. The summed E-state index contributed by atoms with van der Waals surface area (Å²) in [5.74, 6) is -0.780. The third kappa shape index (κ3) is 7.05. The van der Waals surface area contributed by atoms with Gasteiger partial charge in [0.25, 0.3) is 0 Å². The minimum absolute atomic E-state index is 0.0208. The lowest BCUT2D eigenvalue weighted by atomic mass is 9.94. The topological polar surface area (TPSA) is 109 Å². The van der Waals surface area contributed by atoms with Crippen LogP contribution in [0.5, 0.6) is 5.75 Å². The van der Waals surface area contributed by atoms with Gasteiger partial charge in [-0.25, -0.2) is 23.2 Å². The molecule has 0 radical (unpaired) electrons. The molecule has 0 saturated carbocycles. The number of aliphatic hydroxyl groups is 1. The first kappa shape index (κ1) is 34.9. The van der Waals surface area contributed by atoms with Crippen molar-refractivity contribution in [3.05, 3.63) is 96.6 Å². The molecule has 12 nitrogen and oxygen atoms in total. The van der Waals surface area contributed by atoms with Gasteiger partial charge in [-0.3, -0.25) is 9.80 Å². The summed E-state index contributed by atoms with van der Waals surface area (Å²) in [6, 6.07) is 18.7. The number of alkyl halides is 1. The van der Waals surface area contributed by atoms with Gasteiger partial charge in [0.15, 0.2) is 11.3 Å². The first-order valence-corrected chi connectivity index (χ1v) is 17.3. The van der Waals surface area contributed by atoms with Crippen molar-refractivity contribution in [1.29, 1.82) is 0 Å². The van der Waals surface area contributed by atoms with Crippen LogP contribution in [0.4, 0.5) is 30.6 Å². The van der Waals surface area contributed by atoms with E-state index in [-0.39, 0.29) is 50.5 Å². The average Bonchev–Trinajstić information content (AvgIpc) is 3.86. The lowest BCUT2D eigenvalue weighted by Crippen LogP contribution is -2.49. The van der Waals surface area contributed by atoms with E-state index in [4.69, 9.17) is 25.8 Å². The number of rotatable bonds is 11. The highest BCUT2D eigenvalue weighted by Gasteiger charge is 2.50. The first-order valence-electron chi connectivity index (χ1n) is 16.9. The maximum absolute atomic E-state index is 14.9. The van der Waals surface area contributed by atoms with Crippen LogP contribution < -0.4 is 19.4 Å². The van der Waals surface area contributed by atoms with E-state index < -0.39 is 28.5 Å². The van der Waals surface area contributed by atoms with Crippen molar-refractivity contribution < 1.29 is 32.9 Å². The number of ether oxygens (including phenoxy) is 3. The molecule has 1 aromatic heterocycles. The number of anilines is 3. The Kier molecular flexibility index (Phi) is 9.76. The molecule has 270 valence electrons. The standard InChI is InChI=1S/C36H40ClF2N7O5/c1-25(2)46-34(48)45(20-36(46,37)21-47)29-6-4-27(5-7-29)42-13-15-43(16-14-42)28-8-10-30(11-9-28)49-18-33-50-22-35(51-33,19-44-24-40-23-41-44)31-12-3-26(38)17-32(31)39/h3-12,17,23-25,33,47H,13-16,18-22H2,1-2H3/t33-,35+,36?/m0/s1. The van der Waals surface area contributed by atoms with Crippen molar-refractivity contribution in [3.8, 4) is 5.75 Å². The molecule has 3 aliphatic heterocycles. The number of benzene rings is 3. The van der Waals surface area contributed by atoms with E-state index in [9.17, 15) is 18.7 Å². The minimum Gasteiger partial charge on any atom is -0.488 e. The lowest BCUT2D eigenvalue weighted by molar-refractivity contribution is -0.117. The van der Waals surface area contributed by atoms with Crippen molar-refractivity contribution in [2.45, 2.75) is 43.3 Å². The van der Waals surface area contributed by atoms with Gasteiger partial charge in [-0.15, -0.1) is 0 Å². The number of hydrogen-bond donors (Lipinski definition) is 1. The van der Waals surface area contributed by atoms with Gasteiger partial charge >= 0.3 is 6.03 Å². The minimum atomic E-state index is -1.24. The summed E-state index contributed by atoms with van der Waals surface area (Å²) in [5, 5.41) is 14.0. The smallest absolute Gasteiger partial charge is 0.326 e. The first-order chi connectivity index (χ1) is 24.6. The number of aliphatic hydroxyl groups excluding tert-OH is 1. The third-order valence-corrected chi connectivity index (χ3v) is 10.0. The molecule has 3 atom stereocenters. The second kappa shape index (κ2) is 14.3. The van der Waals surface area contributed by atoms with E-state index in [2.05, 4.69) is 19.9 Å². The van der Waals surface area contributed by atoms with E-state index >= 15 is 0 Å². The zero-order chi connectivity index (χ0) is 35.8. The van der Waals surface area contributed by atoms with Crippen LogP contribution >= 0.6 is 11.6 Å². The number of halogens is 3. The van der Waals surface area contributed by atoms with Gasteiger partial charge in [0.2, 0.25) is 0 Å². The Balaban J connectivity index is 0.919. The van der Waals surface area contributed by atoms with Gasteiger partial charge in [0.05, 0.1) is 26.3 Å². The fourth-order valence-electron chi connectivity index (χ4n) is 7.06. The molecule has 4 heterocycles. The molecule has 4 aromatic rings. The lowest BCUT2D eigenvalue weighted by Gasteiger charge is -2.37. The van der Waals surface area contributed by atoms with Crippen molar-refractivity contribution >= 4 is 34.7 Å². The number of piperazine rings is 1. The molecular formula is C36H40ClF2N7O5. The van der Waals surface area contributed by atoms with Gasteiger partial charge in [-0.2, -0.15) is 5.10 Å². The molecule has 15 heteroatoms. The summed E-state index contributed by atoms with van der Waals surface area (Å²) in [6.07, 6.45) is 2.08. The maximum Gasteiger partial charge on any atom is 0.326 e. The molecule has 0 bridgehead atoms. The van der Waals surface area contributed by atoms with Crippen LogP contribution in [0.25, 0.3) is 0 Å². The van der Waals surface area contributed by atoms with Gasteiger partial charge in [0, 0.05) is 60.9 Å². The Morgan fingerprint density at radius 3 is 2.20 bits per heavy atom. The molecule has 0 spiro atoms. The molecule has 2 amide bonds. The summed E-state index contributed by atoms with van der Waals surface area (Å²) in [6.45, 7) is 7.13. The number of carbonyl (C=O) groups excluding carboxylic acids is 1. The summed E-state index contributed by atoms with van der Waals surface area (Å²) in [4.78, 5) is 23.7. The molecule has 3 aliphatic rings. The summed E-state index contributed by atoms with van der Waals surface area (Å²) >= 11 is 6.64. The highest BCUT2D eigenvalue weighted by molar-refractivity contribution is 6.27. The second-order valence-electron chi connectivity index (χ2n) is 13.3. The molecular weight excluding hydrogens is 684 g/mol. The molecule has 3 aromatic carbocycles. The van der Waals surface area contributed by atoms with E-state index in [0.717, 1.165) is 49.3 Å². The van der Waals surface area contributed by atoms with Crippen LogP contribution in [0.1, 0.15) is 19.4 Å². The van der Waals surface area contributed by atoms with Crippen molar-refractivity contribution in [2.75, 3.05) is 67.2 Å². The molecule has 3 saturated heterocycles. The van der Waals surface area contributed by atoms with E-state index in [1.54, 1.807) is 4.90 Å². The van der Waals surface area contributed by atoms with Crippen LogP contribution in [-0.4, -0.2) is 101 Å². The largest absolute Gasteiger partial charge is 0.488 e. The molecule has 0 aliphatic carbocycles. The van der Waals surface area contributed by atoms with Crippen molar-refractivity contribution in [1.82, 2.24) is 19.7 Å². The van der Waals surface area contributed by atoms with Gasteiger partial charge < -0.3 is 29.1 Å². The molecule has 51 heavy (non-hydrogen) atoms. The Labute approximate surface area is 299 Å². The predicted molar refractivity (Wildman–Crippen MR) is 187 cm³/mol. The van der Waals surface area contributed by atoms with Crippen LogP contribution in [0.15, 0.2) is 79.4 Å². The Morgan fingerprint density at radius 2 is 1.63 bits per heavy atom. The normalized spacial score (nSPS) is 23.9. The number of nitrogens with zero attached hydrogens (tertiary/aromatic N) is 7. The van der Waals surface area contributed by atoms with E-state index in [1.807, 2.05) is 62.4 Å². The van der Waals surface area contributed by atoms with E-state index in [1.165, 1.54) is 34.4 Å². The third-order valence-electron chi connectivity index (χ3n) is 9.59. The van der Waals surface area contributed by atoms with Gasteiger partial charge in [-0.05, 0) is 68.4 Å². The highest BCUT2D eigenvalue weighted by atomic mass is 35.5. The molecule has 7 rings (SSSR count). The molecule has 1 N–H and O–H groups in total. The zero-order valence-electron chi connectivity index (χ0n) is 28.4. The quantitative estimate of drug-likeness (QED) is 0.172. The average molecular weight is 724 g/mol. The maximum atomic E-state index is 14.9. The Hall–Kier alpha value is -4.50. The summed E-state index contributed by atoms with van der Waals surface area (Å²) in [7, 11) is 0. The van der Waals surface area contributed by atoms with E-state index in [0.29, 0.717) is 5.75 Å². The SMILES string of the molecule is CC(C)N1C(=O)N(c2ccc(N3CCN(c4ccc(OC[C@H]5OC[C@](Cn6cncn6)(c6ccc(F)cc6F)O5)cc4)CC3)cc2)CC1(Cl)CO. The van der Waals surface area contributed by atoms with Crippen LogP contribution in [0.2, 0.25) is 0 Å². The predicted octanol–water partition coefficient (Wildman–Crippen LogP) is 4.81. The summed E-state index contributed by atoms with van der Waals surface area (Å²) in [5.41, 5.74) is 1.80. The molecule has 1 unspecified atom stereocenters. The monoisotopic (exact) mass is 723 g/mol. The highest BCUT2D eigenvalue weighted by Crippen LogP contribution is 2.38. The zero-order valence-corrected chi connectivity index (χ0v) is 29.1. The number of urea groups is 1. The van der Waals surface area contributed by atoms with Crippen molar-refractivity contribution in [3.63, 3.8) is 0 Å². The van der Waals surface area contributed by atoms with Gasteiger partial charge in [0.1, 0.15) is 42.2 Å². The van der Waals surface area contributed by atoms with Crippen LogP contribution in [0, 0.1) is 11.6 Å². The summed E-state index contributed by atoms with van der Waals surface area (Å²) < 4.78 is 48.2. The Bertz CT molecular complexity index is 1810. The van der Waals surface area contributed by atoms with Gasteiger partial charge in [-0.1, -0.05) is 17.7 Å². The fourth-order valence-corrected chi connectivity index (χ4v) is 7.44. The molecule has 3 fully saturated rings. The van der Waals surface area contributed by atoms with Crippen LogP contribution in [0.3, 0.4) is 0 Å². The Morgan fingerprint density at radius 1 is 0.980 bits per heavy atom. The van der Waals surface area contributed by atoms with Crippen LogP contribution in [-0.2, 0) is 21.6 Å². The van der Waals surface area contributed by atoms with Crippen molar-refractivity contribution in [2.24, 2.45) is 0 Å². The number of hydrogen-bond acceptors (Lipinski definition) is 9. The fraction of sp³-hybridized carbons (Fsp3) is 0.417. The number of carbonyl (C=O) groups is 1.